The fourth-order valence-corrected chi connectivity index (χ4v) is 2.43. The highest BCUT2D eigenvalue weighted by atomic mass is 79.9. The van der Waals surface area contributed by atoms with Crippen molar-refractivity contribution in [3.63, 3.8) is 0 Å². The fourth-order valence-electron chi connectivity index (χ4n) is 1.27. The summed E-state index contributed by atoms with van der Waals surface area (Å²) in [6, 6.07) is 9.75. The first kappa shape index (κ1) is 13.5. The van der Waals surface area contributed by atoms with Crippen LogP contribution in [0.15, 0.2) is 44.7 Å². The molecule has 0 radical (unpaired) electrons. The zero-order chi connectivity index (χ0) is 13.8. The number of rotatable bonds is 3. The van der Waals surface area contributed by atoms with Gasteiger partial charge in [0.25, 0.3) is 5.69 Å². The molecule has 19 heavy (non-hydrogen) atoms. The van der Waals surface area contributed by atoms with Crippen LogP contribution in [0.2, 0.25) is 0 Å². The molecule has 0 unspecified atom stereocenters. The Kier molecular flexibility index (Phi) is 4.09. The van der Waals surface area contributed by atoms with Crippen LogP contribution in [0.3, 0.4) is 0 Å². The molecule has 0 aliphatic heterocycles. The van der Waals surface area contributed by atoms with Gasteiger partial charge in [-0.25, -0.2) is 0 Å². The Morgan fingerprint density at radius 3 is 2.68 bits per heavy atom. The highest BCUT2D eigenvalue weighted by molar-refractivity contribution is 9.10. The Balaban J connectivity index is 2.32. The summed E-state index contributed by atoms with van der Waals surface area (Å²) >= 11 is 4.32. The molecule has 6 nitrogen and oxygen atoms in total. The van der Waals surface area contributed by atoms with Crippen molar-refractivity contribution in [2.45, 2.75) is 9.92 Å². The normalized spacial score (nSPS) is 9.89. The predicted molar refractivity (Wildman–Crippen MR) is 71.7 cm³/mol. The van der Waals surface area contributed by atoms with Gasteiger partial charge in [-0.2, -0.15) is 5.26 Å². The van der Waals surface area contributed by atoms with Gasteiger partial charge in [0, 0.05) is 10.5 Å². The Morgan fingerprint density at radius 2 is 2.11 bits per heavy atom. The smallest absolute Gasteiger partial charge is 0.258 e. The maximum Gasteiger partial charge on any atom is 0.284 e. The first-order valence-electron chi connectivity index (χ1n) is 4.96. The molecular weight excluding hydrogens is 332 g/mol. The summed E-state index contributed by atoms with van der Waals surface area (Å²) in [4.78, 5) is 11.0. The molecule has 1 heterocycles. The number of nitro benzene ring substituents is 1. The van der Waals surface area contributed by atoms with Crippen LogP contribution in [0.25, 0.3) is 0 Å². The van der Waals surface area contributed by atoms with Gasteiger partial charge in [-0.15, -0.1) is 10.2 Å². The van der Waals surface area contributed by atoms with Gasteiger partial charge in [0.05, 0.1) is 9.82 Å². The number of hydrogen-bond donors (Lipinski definition) is 0. The van der Waals surface area contributed by atoms with Crippen molar-refractivity contribution in [1.82, 2.24) is 10.2 Å². The van der Waals surface area contributed by atoms with Crippen molar-refractivity contribution in [2.75, 3.05) is 0 Å². The molecule has 0 aliphatic rings. The third-order valence-corrected chi connectivity index (χ3v) is 3.57. The van der Waals surface area contributed by atoms with E-state index in [-0.39, 0.29) is 11.4 Å². The molecule has 0 fully saturated rings. The first-order valence-corrected chi connectivity index (χ1v) is 6.57. The molecule has 1 aromatic heterocycles. The van der Waals surface area contributed by atoms with Gasteiger partial charge in [-0.05, 0) is 24.3 Å². The average molecular weight is 337 g/mol. The summed E-state index contributed by atoms with van der Waals surface area (Å²) in [5.74, 6) is 0. The zero-order valence-corrected chi connectivity index (χ0v) is 11.7. The average Bonchev–Trinajstić information content (AvgIpc) is 2.41. The minimum Gasteiger partial charge on any atom is -0.258 e. The predicted octanol–water partition coefficient (Wildman–Crippen LogP) is 3.17. The van der Waals surface area contributed by atoms with Crippen LogP contribution in [0.4, 0.5) is 5.69 Å². The second-order valence-electron chi connectivity index (χ2n) is 3.34. The van der Waals surface area contributed by atoms with Crippen LogP contribution in [0.1, 0.15) is 5.69 Å². The van der Waals surface area contributed by atoms with Gasteiger partial charge in [0.15, 0.2) is 5.69 Å². The van der Waals surface area contributed by atoms with Crippen molar-refractivity contribution >= 4 is 33.4 Å². The summed E-state index contributed by atoms with van der Waals surface area (Å²) < 4.78 is 0.634. The molecular formula is C11H5BrN4O2S. The molecule has 2 rings (SSSR count). The molecule has 2 aromatic rings. The Labute approximate surface area is 120 Å². The first-order chi connectivity index (χ1) is 9.10. The maximum absolute atomic E-state index is 11.0. The molecule has 0 N–H and O–H groups in total. The standard InChI is InChI=1S/C11H5BrN4O2S/c12-7-1-3-10(9(5-7)16(17)18)19-11-4-2-8(6-13)14-15-11/h1-5H. The lowest BCUT2D eigenvalue weighted by molar-refractivity contribution is -0.387. The lowest BCUT2D eigenvalue weighted by Crippen LogP contribution is -1.92. The van der Waals surface area contributed by atoms with Crippen molar-refractivity contribution < 1.29 is 4.92 Å². The van der Waals surface area contributed by atoms with Gasteiger partial charge in [0.1, 0.15) is 11.1 Å². The quantitative estimate of drug-likeness (QED) is 0.631. The summed E-state index contributed by atoms with van der Waals surface area (Å²) in [5, 5.41) is 27.6. The Bertz CT molecular complexity index is 669. The van der Waals surface area contributed by atoms with Gasteiger partial charge < -0.3 is 0 Å². The van der Waals surface area contributed by atoms with E-state index < -0.39 is 4.92 Å². The number of hydrogen-bond acceptors (Lipinski definition) is 6. The summed E-state index contributed by atoms with van der Waals surface area (Å²) in [6.45, 7) is 0. The van der Waals surface area contributed by atoms with E-state index in [4.69, 9.17) is 5.26 Å². The summed E-state index contributed by atoms with van der Waals surface area (Å²) in [6.07, 6.45) is 0. The minimum absolute atomic E-state index is 0.00876. The zero-order valence-electron chi connectivity index (χ0n) is 9.28. The molecule has 0 bridgehead atoms. The monoisotopic (exact) mass is 336 g/mol. The topological polar surface area (TPSA) is 92.7 Å². The minimum atomic E-state index is -0.454. The van der Waals surface area contributed by atoms with Gasteiger partial charge in [0.2, 0.25) is 0 Å². The molecule has 94 valence electrons. The molecule has 0 saturated carbocycles. The highest BCUT2D eigenvalue weighted by Crippen LogP contribution is 2.35. The van der Waals surface area contributed by atoms with E-state index in [1.807, 2.05) is 6.07 Å². The van der Waals surface area contributed by atoms with E-state index in [0.29, 0.717) is 14.4 Å². The largest absolute Gasteiger partial charge is 0.284 e. The van der Waals surface area contributed by atoms with E-state index in [2.05, 4.69) is 26.1 Å². The second kappa shape index (κ2) is 5.77. The second-order valence-corrected chi connectivity index (χ2v) is 5.32. The van der Waals surface area contributed by atoms with Crippen LogP contribution in [-0.2, 0) is 0 Å². The molecule has 0 amide bonds. The van der Waals surface area contributed by atoms with Crippen LogP contribution < -0.4 is 0 Å². The molecule has 0 aliphatic carbocycles. The number of aromatic nitrogens is 2. The number of nitro groups is 1. The van der Waals surface area contributed by atoms with Crippen molar-refractivity contribution in [1.29, 1.82) is 5.26 Å². The Hall–Kier alpha value is -1.98. The van der Waals surface area contributed by atoms with Crippen LogP contribution in [0, 0.1) is 21.4 Å². The lowest BCUT2D eigenvalue weighted by Gasteiger charge is -2.02. The van der Waals surface area contributed by atoms with Gasteiger partial charge >= 0.3 is 0 Å². The maximum atomic E-state index is 11.0. The fraction of sp³-hybridized carbons (Fsp3) is 0. The summed E-state index contributed by atoms with van der Waals surface area (Å²) in [5.41, 5.74) is 0.195. The van der Waals surface area contributed by atoms with E-state index in [9.17, 15) is 10.1 Å². The van der Waals surface area contributed by atoms with Crippen LogP contribution in [0.5, 0.6) is 0 Å². The van der Waals surface area contributed by atoms with Crippen molar-refractivity contribution in [2.24, 2.45) is 0 Å². The van der Waals surface area contributed by atoms with E-state index in [0.717, 1.165) is 11.8 Å². The summed E-state index contributed by atoms with van der Waals surface area (Å²) in [7, 11) is 0. The molecule has 0 saturated heterocycles. The van der Waals surface area contributed by atoms with E-state index in [1.54, 1.807) is 18.2 Å². The molecule has 0 spiro atoms. The third kappa shape index (κ3) is 3.27. The molecule has 0 atom stereocenters. The lowest BCUT2D eigenvalue weighted by atomic mass is 10.3. The Morgan fingerprint density at radius 1 is 1.32 bits per heavy atom. The number of nitrogens with zero attached hydrogens (tertiary/aromatic N) is 4. The van der Waals surface area contributed by atoms with Crippen LogP contribution in [-0.4, -0.2) is 15.1 Å². The van der Waals surface area contributed by atoms with E-state index in [1.165, 1.54) is 12.1 Å². The van der Waals surface area contributed by atoms with Crippen molar-refractivity contribution in [3.8, 4) is 6.07 Å². The third-order valence-electron chi connectivity index (χ3n) is 2.09. The van der Waals surface area contributed by atoms with Gasteiger partial charge in [-0.1, -0.05) is 27.7 Å². The van der Waals surface area contributed by atoms with Crippen molar-refractivity contribution in [3.05, 3.63) is 50.6 Å². The molecule has 1 aromatic carbocycles. The highest BCUT2D eigenvalue weighted by Gasteiger charge is 2.15. The number of halogens is 1. The van der Waals surface area contributed by atoms with E-state index >= 15 is 0 Å². The number of nitriles is 1. The molecule has 8 heteroatoms. The number of benzene rings is 1. The van der Waals surface area contributed by atoms with Gasteiger partial charge in [-0.3, -0.25) is 10.1 Å². The van der Waals surface area contributed by atoms with Crippen LogP contribution >= 0.6 is 27.7 Å². The SMILES string of the molecule is N#Cc1ccc(Sc2ccc(Br)cc2[N+](=O)[O-])nn1.